The van der Waals surface area contributed by atoms with Crippen molar-refractivity contribution < 1.29 is 13.2 Å². The second-order valence-corrected chi connectivity index (χ2v) is 8.51. The van der Waals surface area contributed by atoms with Gasteiger partial charge in [0.1, 0.15) is 9.84 Å². The third-order valence-electron chi connectivity index (χ3n) is 4.19. The van der Waals surface area contributed by atoms with Crippen LogP contribution < -0.4 is 0 Å². The van der Waals surface area contributed by atoms with E-state index in [1.54, 1.807) is 0 Å². The predicted octanol–water partition coefficient (Wildman–Crippen LogP) is 1.99. The lowest BCUT2D eigenvalue weighted by Gasteiger charge is -2.30. The molecule has 19 heavy (non-hydrogen) atoms. The fourth-order valence-electron chi connectivity index (χ4n) is 3.25. The molecule has 0 aromatic heterocycles. The number of nitrogens with zero attached hydrogens (tertiary/aromatic N) is 1. The highest BCUT2D eigenvalue weighted by Crippen LogP contribution is 2.33. The normalized spacial score (nSPS) is 22.4. The Balaban J connectivity index is 1.96. The van der Waals surface area contributed by atoms with Crippen LogP contribution in [0.5, 0.6) is 0 Å². The Labute approximate surface area is 116 Å². The lowest BCUT2D eigenvalue weighted by atomic mass is 10.0. The van der Waals surface area contributed by atoms with Crippen LogP contribution in [0, 0.1) is 5.92 Å². The van der Waals surface area contributed by atoms with Crippen LogP contribution in [-0.2, 0) is 14.6 Å². The maximum Gasteiger partial charge on any atom is 0.223 e. The number of hydrogen-bond donors (Lipinski definition) is 0. The second-order valence-electron chi connectivity index (χ2n) is 6.33. The van der Waals surface area contributed by atoms with Crippen molar-refractivity contribution in [2.24, 2.45) is 5.92 Å². The Morgan fingerprint density at radius 3 is 2.26 bits per heavy atom. The number of sulfone groups is 1. The highest BCUT2D eigenvalue weighted by Gasteiger charge is 2.37. The summed E-state index contributed by atoms with van der Waals surface area (Å²) in [5.41, 5.74) is 0. The zero-order valence-electron chi connectivity index (χ0n) is 12.0. The number of rotatable bonds is 6. The Bertz CT molecular complexity index is 422. The van der Waals surface area contributed by atoms with Crippen LogP contribution >= 0.6 is 0 Å². The molecule has 0 bridgehead atoms. The van der Waals surface area contributed by atoms with Gasteiger partial charge in [-0.1, -0.05) is 12.8 Å². The zero-order valence-corrected chi connectivity index (χ0v) is 12.8. The summed E-state index contributed by atoms with van der Waals surface area (Å²) < 4.78 is 22.8. The molecule has 2 aliphatic rings. The van der Waals surface area contributed by atoms with Crippen LogP contribution in [0.4, 0.5) is 0 Å². The van der Waals surface area contributed by atoms with Gasteiger partial charge in [0.15, 0.2) is 0 Å². The third kappa shape index (κ3) is 4.48. The lowest BCUT2D eigenvalue weighted by Crippen LogP contribution is -2.44. The van der Waals surface area contributed by atoms with Crippen LogP contribution in [0.2, 0.25) is 0 Å². The summed E-state index contributed by atoms with van der Waals surface area (Å²) in [5.74, 6) is 0.782. The van der Waals surface area contributed by atoms with Crippen molar-refractivity contribution in [3.05, 3.63) is 0 Å². The zero-order chi connectivity index (χ0) is 14.0. The number of carbonyl (C=O) groups excluding carboxylic acids is 1. The summed E-state index contributed by atoms with van der Waals surface area (Å²) in [4.78, 5) is 14.3. The summed E-state index contributed by atoms with van der Waals surface area (Å²) in [6.45, 7) is 1.87. The topological polar surface area (TPSA) is 54.5 Å². The van der Waals surface area contributed by atoms with Crippen molar-refractivity contribution in [1.29, 1.82) is 0 Å². The summed E-state index contributed by atoms with van der Waals surface area (Å²) in [7, 11) is -3.03. The van der Waals surface area contributed by atoms with Crippen molar-refractivity contribution in [3.8, 4) is 0 Å². The van der Waals surface area contributed by atoms with E-state index in [1.807, 2.05) is 11.8 Å². The van der Waals surface area contributed by atoms with E-state index in [0.29, 0.717) is 18.4 Å². The monoisotopic (exact) mass is 287 g/mol. The van der Waals surface area contributed by atoms with Crippen LogP contribution in [-0.4, -0.2) is 43.3 Å². The van der Waals surface area contributed by atoms with Gasteiger partial charge in [-0.3, -0.25) is 4.79 Å². The molecule has 0 heterocycles. The van der Waals surface area contributed by atoms with Crippen molar-refractivity contribution in [2.45, 2.75) is 64.0 Å². The summed E-state index contributed by atoms with van der Waals surface area (Å²) >= 11 is 0. The van der Waals surface area contributed by atoms with Crippen LogP contribution in [0.1, 0.15) is 51.9 Å². The second kappa shape index (κ2) is 5.81. The first-order valence-corrected chi connectivity index (χ1v) is 9.42. The van der Waals surface area contributed by atoms with Crippen molar-refractivity contribution in [1.82, 2.24) is 4.90 Å². The molecule has 2 rings (SSSR count). The van der Waals surface area contributed by atoms with Crippen LogP contribution in [0.3, 0.4) is 0 Å². The molecule has 0 aliphatic heterocycles. The molecule has 5 heteroatoms. The standard InChI is InChI=1S/C14H25NO3S/c1-11(10-19(2,17)18)15(13-7-8-13)14(16)9-12-5-3-4-6-12/h11-13H,3-10H2,1-2H3. The third-order valence-corrected chi connectivity index (χ3v) is 5.27. The van der Waals surface area contributed by atoms with Gasteiger partial charge in [-0.05, 0) is 38.5 Å². The summed E-state index contributed by atoms with van der Waals surface area (Å²) in [6.07, 6.45) is 8.71. The van der Waals surface area contributed by atoms with Gasteiger partial charge in [-0.15, -0.1) is 0 Å². The van der Waals surface area contributed by atoms with Gasteiger partial charge in [0, 0.05) is 24.8 Å². The highest BCUT2D eigenvalue weighted by molar-refractivity contribution is 7.90. The summed E-state index contributed by atoms with van der Waals surface area (Å²) in [6, 6.07) is 0.113. The fourth-order valence-corrected chi connectivity index (χ4v) is 4.28. The maximum atomic E-state index is 12.4. The number of hydrogen-bond acceptors (Lipinski definition) is 3. The van der Waals surface area contributed by atoms with Crippen LogP contribution in [0.25, 0.3) is 0 Å². The van der Waals surface area contributed by atoms with Gasteiger partial charge in [0.05, 0.1) is 5.75 Å². The molecule has 4 nitrogen and oxygen atoms in total. The first kappa shape index (κ1) is 14.8. The maximum absolute atomic E-state index is 12.4. The molecule has 1 atom stereocenters. The molecule has 0 aromatic rings. The van der Waals surface area contributed by atoms with E-state index < -0.39 is 9.84 Å². The fraction of sp³-hybridized carbons (Fsp3) is 0.929. The Kier molecular flexibility index (Phi) is 4.54. The van der Waals surface area contributed by atoms with Gasteiger partial charge in [-0.25, -0.2) is 8.42 Å². The SMILES string of the molecule is CC(CS(C)(=O)=O)N(C(=O)CC1CCCC1)C1CC1. The van der Waals surface area contributed by atoms with Gasteiger partial charge in [-0.2, -0.15) is 0 Å². The molecular weight excluding hydrogens is 262 g/mol. The Morgan fingerprint density at radius 2 is 1.79 bits per heavy atom. The van der Waals surface area contributed by atoms with Gasteiger partial charge in [0.2, 0.25) is 5.91 Å². The van der Waals surface area contributed by atoms with Crippen molar-refractivity contribution in [3.63, 3.8) is 0 Å². The van der Waals surface area contributed by atoms with Crippen molar-refractivity contribution in [2.75, 3.05) is 12.0 Å². The average Bonchev–Trinajstić information content (AvgIpc) is 2.93. The quantitative estimate of drug-likeness (QED) is 0.750. The molecule has 2 fully saturated rings. The van der Waals surface area contributed by atoms with Crippen LogP contribution in [0.15, 0.2) is 0 Å². The molecule has 0 spiro atoms. The molecule has 1 unspecified atom stereocenters. The molecule has 0 aromatic carbocycles. The first-order chi connectivity index (χ1) is 8.87. The average molecular weight is 287 g/mol. The Hall–Kier alpha value is -0.580. The van der Waals surface area contributed by atoms with Crippen molar-refractivity contribution >= 4 is 15.7 Å². The molecule has 0 saturated heterocycles. The first-order valence-electron chi connectivity index (χ1n) is 7.35. The largest absolute Gasteiger partial charge is 0.336 e. The van der Waals surface area contributed by atoms with E-state index in [0.717, 1.165) is 25.7 Å². The van der Waals surface area contributed by atoms with E-state index in [2.05, 4.69) is 0 Å². The molecule has 2 aliphatic carbocycles. The molecule has 0 radical (unpaired) electrons. The molecule has 1 amide bonds. The van der Waals surface area contributed by atoms with Gasteiger partial charge >= 0.3 is 0 Å². The van der Waals surface area contributed by atoms with E-state index >= 15 is 0 Å². The van der Waals surface area contributed by atoms with E-state index in [9.17, 15) is 13.2 Å². The number of carbonyl (C=O) groups is 1. The lowest BCUT2D eigenvalue weighted by molar-refractivity contribution is -0.134. The highest BCUT2D eigenvalue weighted by atomic mass is 32.2. The Morgan fingerprint density at radius 1 is 1.21 bits per heavy atom. The molecule has 2 saturated carbocycles. The van der Waals surface area contributed by atoms with E-state index in [4.69, 9.17) is 0 Å². The molecular formula is C14H25NO3S. The molecule has 110 valence electrons. The predicted molar refractivity (Wildman–Crippen MR) is 75.6 cm³/mol. The van der Waals surface area contributed by atoms with E-state index in [1.165, 1.54) is 19.1 Å². The van der Waals surface area contributed by atoms with E-state index in [-0.39, 0.29) is 17.7 Å². The van der Waals surface area contributed by atoms with Gasteiger partial charge in [0.25, 0.3) is 0 Å². The smallest absolute Gasteiger partial charge is 0.223 e. The molecule has 0 N–H and O–H groups in total. The minimum absolute atomic E-state index is 0.0832. The number of amides is 1. The van der Waals surface area contributed by atoms with Gasteiger partial charge < -0.3 is 4.90 Å². The minimum atomic E-state index is -3.03. The minimum Gasteiger partial charge on any atom is -0.336 e. The summed E-state index contributed by atoms with van der Waals surface area (Å²) in [5, 5.41) is 0.